The summed E-state index contributed by atoms with van der Waals surface area (Å²) in [4.78, 5) is 17.0. The highest BCUT2D eigenvalue weighted by Crippen LogP contribution is 2.32. The number of aromatic nitrogens is 2. The summed E-state index contributed by atoms with van der Waals surface area (Å²) in [7, 11) is 2.06. The Balaban J connectivity index is 1.57. The summed E-state index contributed by atoms with van der Waals surface area (Å²) < 4.78 is 28.7. The molecule has 2 N–H and O–H groups in total. The molecule has 0 bridgehead atoms. The van der Waals surface area contributed by atoms with Gasteiger partial charge in [0.1, 0.15) is 11.6 Å². The highest BCUT2D eigenvalue weighted by Gasteiger charge is 2.20. The van der Waals surface area contributed by atoms with Crippen molar-refractivity contribution >= 4 is 34.3 Å². The Morgan fingerprint density at radius 1 is 1.13 bits per heavy atom. The number of rotatable bonds is 4. The van der Waals surface area contributed by atoms with Gasteiger partial charge in [-0.05, 0) is 51.2 Å². The maximum Gasteiger partial charge on any atom is 0.248 e. The Hall–Kier alpha value is -3.26. The average Bonchev–Trinajstić information content (AvgIpc) is 3.10. The standard InChI is InChI=1S/C23H25F2N5O/c1-14-18(24)5-6-21(30-10-8-29(3)9-11-30)23(14)26-22(31)7-4-16-12-20-17(13-19(16)25)15(2)27-28-20/h4-7,12-13H,8-11H2,1-3H3,(H,26,31)(H,27,28)/b7-4+. The van der Waals surface area contributed by atoms with Crippen molar-refractivity contribution in [1.82, 2.24) is 15.1 Å². The van der Waals surface area contributed by atoms with Gasteiger partial charge in [0.15, 0.2) is 0 Å². The Morgan fingerprint density at radius 2 is 1.87 bits per heavy atom. The number of aryl methyl sites for hydroxylation is 1. The summed E-state index contributed by atoms with van der Waals surface area (Å²) in [6, 6.07) is 6.12. The number of nitrogens with one attached hydrogen (secondary N) is 2. The van der Waals surface area contributed by atoms with E-state index in [1.54, 1.807) is 26.0 Å². The van der Waals surface area contributed by atoms with Crippen molar-refractivity contribution in [2.75, 3.05) is 43.4 Å². The van der Waals surface area contributed by atoms with Crippen molar-refractivity contribution in [3.05, 3.63) is 58.8 Å². The normalized spacial score (nSPS) is 15.2. The van der Waals surface area contributed by atoms with Crippen molar-refractivity contribution in [2.45, 2.75) is 13.8 Å². The first-order valence-corrected chi connectivity index (χ1v) is 10.2. The molecule has 1 saturated heterocycles. The third-order valence-electron chi connectivity index (χ3n) is 5.75. The molecule has 2 heterocycles. The zero-order chi connectivity index (χ0) is 22.1. The lowest BCUT2D eigenvalue weighted by Gasteiger charge is -2.35. The molecule has 4 rings (SSSR count). The molecule has 0 saturated carbocycles. The Morgan fingerprint density at radius 3 is 2.61 bits per heavy atom. The molecule has 0 unspecified atom stereocenters. The van der Waals surface area contributed by atoms with Gasteiger partial charge in [0.2, 0.25) is 5.91 Å². The second-order valence-electron chi connectivity index (χ2n) is 7.91. The van der Waals surface area contributed by atoms with Crippen LogP contribution in [0.3, 0.4) is 0 Å². The number of carbonyl (C=O) groups excluding carboxylic acids is 1. The number of hydrogen-bond acceptors (Lipinski definition) is 4. The number of nitrogens with zero attached hydrogens (tertiary/aromatic N) is 3. The number of amides is 1. The molecule has 1 aliphatic heterocycles. The fraction of sp³-hybridized carbons (Fsp3) is 0.304. The maximum absolute atomic E-state index is 14.4. The lowest BCUT2D eigenvalue weighted by Crippen LogP contribution is -2.44. The maximum atomic E-state index is 14.4. The van der Waals surface area contributed by atoms with Gasteiger partial charge in [0.25, 0.3) is 0 Å². The van der Waals surface area contributed by atoms with E-state index in [-0.39, 0.29) is 11.4 Å². The van der Waals surface area contributed by atoms with E-state index in [4.69, 9.17) is 0 Å². The summed E-state index contributed by atoms with van der Waals surface area (Å²) in [5.74, 6) is -1.28. The molecule has 0 aliphatic carbocycles. The third kappa shape index (κ3) is 4.29. The number of fused-ring (bicyclic) bond motifs is 1. The van der Waals surface area contributed by atoms with Gasteiger partial charge >= 0.3 is 0 Å². The van der Waals surface area contributed by atoms with Gasteiger partial charge in [-0.25, -0.2) is 8.78 Å². The summed E-state index contributed by atoms with van der Waals surface area (Å²) in [6.45, 7) is 6.78. The first-order valence-electron chi connectivity index (χ1n) is 10.2. The highest BCUT2D eigenvalue weighted by molar-refractivity contribution is 6.04. The Labute approximate surface area is 179 Å². The molecule has 162 valence electrons. The lowest BCUT2D eigenvalue weighted by atomic mass is 10.1. The van der Waals surface area contributed by atoms with E-state index < -0.39 is 11.7 Å². The quantitative estimate of drug-likeness (QED) is 0.623. The fourth-order valence-electron chi connectivity index (χ4n) is 3.78. The highest BCUT2D eigenvalue weighted by atomic mass is 19.1. The van der Waals surface area contributed by atoms with Crippen LogP contribution in [0.25, 0.3) is 17.0 Å². The molecule has 1 fully saturated rings. The molecule has 3 aromatic rings. The van der Waals surface area contributed by atoms with E-state index in [9.17, 15) is 13.6 Å². The lowest BCUT2D eigenvalue weighted by molar-refractivity contribution is -0.111. The number of benzene rings is 2. The molecular weight excluding hydrogens is 400 g/mol. The van der Waals surface area contributed by atoms with Crippen LogP contribution in [0.1, 0.15) is 16.8 Å². The van der Waals surface area contributed by atoms with E-state index in [0.29, 0.717) is 27.8 Å². The first kappa shape index (κ1) is 21.0. The van der Waals surface area contributed by atoms with Gasteiger partial charge < -0.3 is 15.1 Å². The molecular formula is C23H25F2N5O. The minimum atomic E-state index is -0.454. The van der Waals surface area contributed by atoms with Crippen molar-refractivity contribution < 1.29 is 13.6 Å². The van der Waals surface area contributed by atoms with Crippen molar-refractivity contribution in [1.29, 1.82) is 0 Å². The van der Waals surface area contributed by atoms with Crippen molar-refractivity contribution in [2.24, 2.45) is 0 Å². The summed E-state index contributed by atoms with van der Waals surface area (Å²) in [6.07, 6.45) is 2.66. The van der Waals surface area contributed by atoms with Crippen LogP contribution in [0.4, 0.5) is 20.2 Å². The molecule has 1 amide bonds. The topological polar surface area (TPSA) is 64.3 Å². The monoisotopic (exact) mass is 425 g/mol. The summed E-state index contributed by atoms with van der Waals surface area (Å²) in [5, 5.41) is 10.4. The molecule has 0 radical (unpaired) electrons. The number of hydrogen-bond donors (Lipinski definition) is 2. The van der Waals surface area contributed by atoms with E-state index in [2.05, 4.69) is 32.4 Å². The minimum absolute atomic E-state index is 0.265. The minimum Gasteiger partial charge on any atom is -0.367 e. The molecule has 31 heavy (non-hydrogen) atoms. The summed E-state index contributed by atoms with van der Waals surface area (Å²) in [5.41, 5.74) is 3.27. The van der Waals surface area contributed by atoms with Crippen LogP contribution < -0.4 is 10.2 Å². The average molecular weight is 425 g/mol. The van der Waals surface area contributed by atoms with E-state index in [1.807, 2.05) is 0 Å². The van der Waals surface area contributed by atoms with E-state index in [1.165, 1.54) is 24.3 Å². The largest absolute Gasteiger partial charge is 0.367 e. The first-order chi connectivity index (χ1) is 14.8. The number of likely N-dealkylation sites (N-methyl/N-ethyl adjacent to an activating group) is 1. The van der Waals surface area contributed by atoms with Gasteiger partial charge in [-0.1, -0.05) is 0 Å². The van der Waals surface area contributed by atoms with Crippen LogP contribution in [0.15, 0.2) is 30.3 Å². The SMILES string of the molecule is Cc1c(F)ccc(N2CCN(C)CC2)c1NC(=O)/C=C/c1cc2[nH]nc(C)c2cc1F. The molecule has 2 aromatic carbocycles. The van der Waals surface area contributed by atoms with Crippen molar-refractivity contribution in [3.63, 3.8) is 0 Å². The molecule has 6 nitrogen and oxygen atoms in total. The van der Waals surface area contributed by atoms with Crippen LogP contribution in [-0.2, 0) is 4.79 Å². The number of piperazine rings is 1. The van der Waals surface area contributed by atoms with Gasteiger partial charge in [-0.15, -0.1) is 0 Å². The second kappa shape index (κ2) is 8.47. The van der Waals surface area contributed by atoms with Crippen LogP contribution in [0, 0.1) is 25.5 Å². The van der Waals surface area contributed by atoms with E-state index >= 15 is 0 Å². The third-order valence-corrected chi connectivity index (χ3v) is 5.75. The van der Waals surface area contributed by atoms with Gasteiger partial charge in [0.05, 0.1) is 22.6 Å². The van der Waals surface area contributed by atoms with Crippen LogP contribution in [-0.4, -0.2) is 54.2 Å². The smallest absolute Gasteiger partial charge is 0.248 e. The number of carbonyl (C=O) groups is 1. The molecule has 1 aliphatic rings. The second-order valence-corrected chi connectivity index (χ2v) is 7.91. The fourth-order valence-corrected chi connectivity index (χ4v) is 3.78. The van der Waals surface area contributed by atoms with Crippen LogP contribution >= 0.6 is 0 Å². The number of aromatic amines is 1. The zero-order valence-electron chi connectivity index (χ0n) is 17.8. The zero-order valence-corrected chi connectivity index (χ0v) is 17.8. The molecule has 0 atom stereocenters. The molecule has 8 heteroatoms. The predicted molar refractivity (Wildman–Crippen MR) is 119 cm³/mol. The van der Waals surface area contributed by atoms with Gasteiger partial charge in [-0.3, -0.25) is 9.89 Å². The summed E-state index contributed by atoms with van der Waals surface area (Å²) >= 11 is 0. The number of H-pyrrole nitrogens is 1. The van der Waals surface area contributed by atoms with Crippen LogP contribution in [0.5, 0.6) is 0 Å². The Bertz CT molecular complexity index is 1160. The van der Waals surface area contributed by atoms with Crippen LogP contribution in [0.2, 0.25) is 0 Å². The molecule has 1 aromatic heterocycles. The van der Waals surface area contributed by atoms with Gasteiger partial charge in [-0.2, -0.15) is 5.10 Å². The van der Waals surface area contributed by atoms with E-state index in [0.717, 1.165) is 31.9 Å². The van der Waals surface area contributed by atoms with Gasteiger partial charge in [0, 0.05) is 48.8 Å². The number of anilines is 2. The number of halogens is 2. The van der Waals surface area contributed by atoms with Crippen molar-refractivity contribution in [3.8, 4) is 0 Å². The molecule has 0 spiro atoms. The predicted octanol–water partition coefficient (Wildman–Crippen LogP) is 3.86. The Kier molecular flexibility index (Phi) is 5.73.